The summed E-state index contributed by atoms with van der Waals surface area (Å²) in [5.74, 6) is -0.0417. The van der Waals surface area contributed by atoms with E-state index in [9.17, 15) is 19.8 Å². The second kappa shape index (κ2) is 59.4. The van der Waals surface area contributed by atoms with Gasteiger partial charge in [-0.1, -0.05) is 268 Å². The summed E-state index contributed by atoms with van der Waals surface area (Å²) in [7, 11) is 0. The average Bonchev–Trinajstić information content (AvgIpc) is 3.36. The van der Waals surface area contributed by atoms with Crippen molar-refractivity contribution < 1.29 is 24.5 Å². The van der Waals surface area contributed by atoms with Gasteiger partial charge in [0.1, 0.15) is 0 Å². The first kappa shape index (κ1) is 67.8. The van der Waals surface area contributed by atoms with Crippen LogP contribution in [0.4, 0.5) is 0 Å². The van der Waals surface area contributed by atoms with Crippen molar-refractivity contribution in [1.82, 2.24) is 5.32 Å². The second-order valence-corrected chi connectivity index (χ2v) is 21.0. The molecule has 0 aliphatic heterocycles. The summed E-state index contributed by atoms with van der Waals surface area (Å²) < 4.78 is 5.49. The van der Waals surface area contributed by atoms with Gasteiger partial charge in [0, 0.05) is 12.8 Å². The molecule has 1 amide bonds. The van der Waals surface area contributed by atoms with Crippen molar-refractivity contribution in [2.24, 2.45) is 0 Å². The van der Waals surface area contributed by atoms with Crippen LogP contribution in [0.5, 0.6) is 0 Å². The number of ether oxygens (including phenoxy) is 1. The van der Waals surface area contributed by atoms with Gasteiger partial charge in [-0.25, -0.2) is 0 Å². The van der Waals surface area contributed by atoms with Crippen molar-refractivity contribution in [1.29, 1.82) is 0 Å². The third-order valence-corrected chi connectivity index (χ3v) is 14.1. The Balaban J connectivity index is 3.41. The van der Waals surface area contributed by atoms with Crippen LogP contribution < -0.4 is 5.32 Å². The third kappa shape index (κ3) is 55.1. The van der Waals surface area contributed by atoms with Crippen molar-refractivity contribution in [3.63, 3.8) is 0 Å². The summed E-state index contributed by atoms with van der Waals surface area (Å²) in [4.78, 5) is 24.5. The maximum atomic E-state index is 12.4. The molecule has 0 heterocycles. The molecule has 70 heavy (non-hydrogen) atoms. The minimum absolute atomic E-state index is 0.00129. The van der Waals surface area contributed by atoms with Crippen LogP contribution in [0, 0.1) is 0 Å². The van der Waals surface area contributed by atoms with Crippen molar-refractivity contribution in [2.45, 2.75) is 334 Å². The minimum Gasteiger partial charge on any atom is -0.466 e. The molecule has 0 spiro atoms. The normalized spacial score (nSPS) is 12.9. The predicted octanol–water partition coefficient (Wildman–Crippen LogP) is 19.4. The number of esters is 1. The maximum Gasteiger partial charge on any atom is 0.305 e. The quantitative estimate of drug-likeness (QED) is 0.0321. The van der Waals surface area contributed by atoms with Gasteiger partial charge >= 0.3 is 5.97 Å². The molecule has 410 valence electrons. The van der Waals surface area contributed by atoms with E-state index >= 15 is 0 Å². The zero-order valence-electron chi connectivity index (χ0n) is 46.7. The fraction of sp³-hybridized carbons (Fsp3) is 0.844. The van der Waals surface area contributed by atoms with Crippen LogP contribution in [0.3, 0.4) is 0 Å². The van der Waals surface area contributed by atoms with Gasteiger partial charge in [0.2, 0.25) is 5.91 Å². The first-order valence-corrected chi connectivity index (χ1v) is 30.9. The highest BCUT2D eigenvalue weighted by Gasteiger charge is 2.20. The second-order valence-electron chi connectivity index (χ2n) is 21.0. The molecule has 0 aliphatic rings. The van der Waals surface area contributed by atoms with Crippen LogP contribution in [0.15, 0.2) is 48.6 Å². The van der Waals surface area contributed by atoms with Crippen LogP contribution >= 0.6 is 0 Å². The molecule has 0 aromatic rings. The van der Waals surface area contributed by atoms with Gasteiger partial charge < -0.3 is 20.3 Å². The maximum absolute atomic E-state index is 12.4. The smallest absolute Gasteiger partial charge is 0.305 e. The number of hydrogen-bond donors (Lipinski definition) is 3. The summed E-state index contributed by atoms with van der Waals surface area (Å²) >= 11 is 0. The number of rotatable bonds is 57. The Labute approximate surface area is 436 Å². The molecule has 2 atom stereocenters. The van der Waals surface area contributed by atoms with Gasteiger partial charge in [-0.3, -0.25) is 9.59 Å². The highest BCUT2D eigenvalue weighted by atomic mass is 16.5. The number of carbonyl (C=O) groups is 2. The Morgan fingerprint density at radius 3 is 1.10 bits per heavy atom. The van der Waals surface area contributed by atoms with Crippen molar-refractivity contribution >= 4 is 11.9 Å². The number of allylic oxidation sites excluding steroid dienone is 8. The molecule has 0 radical (unpaired) electrons. The first-order valence-electron chi connectivity index (χ1n) is 30.9. The summed E-state index contributed by atoms with van der Waals surface area (Å²) in [5, 5.41) is 23.1. The SMILES string of the molecule is CCCCCC/C=C\C/C=C\CCCCCCCCCC(=O)OCCCCCCCCCCC/C=C\C/C=C\CCCCCCCCCCCC(=O)NC(CO)C(O)CCCCCCCCCCCC. The Hall–Kier alpha value is -2.18. The summed E-state index contributed by atoms with van der Waals surface area (Å²) in [6.07, 6.45) is 75.5. The van der Waals surface area contributed by atoms with Crippen molar-refractivity contribution in [3.05, 3.63) is 48.6 Å². The van der Waals surface area contributed by atoms with Gasteiger partial charge in [0.25, 0.3) is 0 Å². The highest BCUT2D eigenvalue weighted by molar-refractivity contribution is 5.76. The first-order chi connectivity index (χ1) is 34.5. The number of nitrogens with one attached hydrogen (secondary N) is 1. The molecule has 0 saturated heterocycles. The molecule has 0 aliphatic carbocycles. The van der Waals surface area contributed by atoms with Crippen LogP contribution in [0.1, 0.15) is 322 Å². The van der Waals surface area contributed by atoms with E-state index in [-0.39, 0.29) is 18.5 Å². The molecule has 0 aromatic heterocycles. The van der Waals surface area contributed by atoms with Gasteiger partial charge in [-0.15, -0.1) is 0 Å². The number of hydrogen-bond acceptors (Lipinski definition) is 5. The van der Waals surface area contributed by atoms with Crippen molar-refractivity contribution in [3.8, 4) is 0 Å². The number of aliphatic hydroxyl groups is 2. The number of amides is 1. The molecular formula is C64H119NO5. The topological polar surface area (TPSA) is 95.9 Å². The zero-order valence-corrected chi connectivity index (χ0v) is 46.7. The van der Waals surface area contributed by atoms with E-state index in [1.165, 1.54) is 231 Å². The number of unbranched alkanes of at least 4 members (excludes halogenated alkanes) is 38. The van der Waals surface area contributed by atoms with Gasteiger partial charge in [-0.05, 0) is 89.9 Å². The standard InChI is InChI=1S/C64H119NO5/c1-3-5-7-9-11-13-15-16-17-18-29-32-35-38-42-46-50-54-58-64(69)70-59-55-51-47-43-39-36-33-30-27-25-23-21-19-20-22-24-26-28-31-34-37-41-45-49-53-57-63(68)65-61(60-66)62(67)56-52-48-44-40-14-12-10-8-6-4-2/h13,15,17-18,20-23,61-62,66-67H,3-12,14,16,19,24-60H2,1-2H3,(H,65,68)/b15-13-,18-17-,22-20-,23-21-. The zero-order chi connectivity index (χ0) is 50.7. The Kier molecular flexibility index (Phi) is 57.5. The van der Waals surface area contributed by atoms with Crippen LogP contribution in [0.25, 0.3) is 0 Å². The summed E-state index contributed by atoms with van der Waals surface area (Å²) in [5.41, 5.74) is 0. The Bertz CT molecular complexity index is 1180. The van der Waals surface area contributed by atoms with Gasteiger partial charge in [-0.2, -0.15) is 0 Å². The lowest BCUT2D eigenvalue weighted by Crippen LogP contribution is -2.45. The fourth-order valence-electron chi connectivity index (χ4n) is 9.35. The van der Waals surface area contributed by atoms with E-state index < -0.39 is 12.1 Å². The Morgan fingerprint density at radius 2 is 0.714 bits per heavy atom. The number of carbonyl (C=O) groups excluding carboxylic acids is 2. The third-order valence-electron chi connectivity index (χ3n) is 14.1. The van der Waals surface area contributed by atoms with Gasteiger partial charge in [0.05, 0.1) is 25.4 Å². The van der Waals surface area contributed by atoms with E-state index in [1.807, 2.05) is 0 Å². The number of aliphatic hydroxyl groups excluding tert-OH is 2. The molecule has 6 heteroatoms. The lowest BCUT2D eigenvalue weighted by atomic mass is 10.0. The van der Waals surface area contributed by atoms with E-state index in [2.05, 4.69) is 67.8 Å². The van der Waals surface area contributed by atoms with Crippen LogP contribution in [-0.2, 0) is 14.3 Å². The van der Waals surface area contributed by atoms with E-state index in [0.717, 1.165) is 57.8 Å². The molecule has 0 fully saturated rings. The molecule has 0 aromatic carbocycles. The van der Waals surface area contributed by atoms with E-state index in [4.69, 9.17) is 4.74 Å². The van der Waals surface area contributed by atoms with E-state index in [1.54, 1.807) is 0 Å². The lowest BCUT2D eigenvalue weighted by molar-refractivity contribution is -0.143. The summed E-state index contributed by atoms with van der Waals surface area (Å²) in [6, 6.07) is -0.545. The fourth-order valence-corrected chi connectivity index (χ4v) is 9.35. The largest absolute Gasteiger partial charge is 0.466 e. The molecule has 0 bridgehead atoms. The Morgan fingerprint density at radius 1 is 0.400 bits per heavy atom. The predicted molar refractivity (Wildman–Crippen MR) is 306 cm³/mol. The highest BCUT2D eigenvalue weighted by Crippen LogP contribution is 2.16. The van der Waals surface area contributed by atoms with Crippen molar-refractivity contribution in [2.75, 3.05) is 13.2 Å². The molecular weight excluding hydrogens is 863 g/mol. The van der Waals surface area contributed by atoms with Crippen LogP contribution in [0.2, 0.25) is 0 Å². The average molecular weight is 983 g/mol. The molecule has 3 N–H and O–H groups in total. The molecule has 0 saturated carbocycles. The molecule has 0 rings (SSSR count). The monoisotopic (exact) mass is 982 g/mol. The molecule has 6 nitrogen and oxygen atoms in total. The minimum atomic E-state index is -0.667. The van der Waals surface area contributed by atoms with Crippen LogP contribution in [-0.4, -0.2) is 47.4 Å². The van der Waals surface area contributed by atoms with Gasteiger partial charge in [0.15, 0.2) is 0 Å². The molecule has 2 unspecified atom stereocenters. The van der Waals surface area contributed by atoms with E-state index in [0.29, 0.717) is 25.9 Å². The summed E-state index contributed by atoms with van der Waals surface area (Å²) in [6.45, 7) is 4.92. The lowest BCUT2D eigenvalue weighted by Gasteiger charge is -2.22.